The summed E-state index contributed by atoms with van der Waals surface area (Å²) < 4.78 is 24.8. The molecule has 0 amide bonds. The van der Waals surface area contributed by atoms with E-state index < -0.39 is 15.6 Å². The molecular weight excluding hydrogens is 188 g/mol. The van der Waals surface area contributed by atoms with Gasteiger partial charge in [-0.3, -0.25) is 0 Å². The van der Waals surface area contributed by atoms with E-state index in [1.54, 1.807) is 0 Å². The smallest absolute Gasteiger partial charge is 0.214 e. The van der Waals surface area contributed by atoms with Crippen LogP contribution < -0.4 is 5.73 Å². The molecule has 0 aromatic rings. The minimum Gasteiger partial charge on any atom is -0.329 e. The normalized spacial score (nSPS) is 29.4. The zero-order valence-corrected chi connectivity index (χ0v) is 9.26. The Morgan fingerprint density at radius 1 is 1.54 bits per heavy atom. The monoisotopic (exact) mass is 206 g/mol. The molecule has 0 bridgehead atoms. The third-order valence-corrected chi connectivity index (χ3v) is 4.79. The van der Waals surface area contributed by atoms with Gasteiger partial charge < -0.3 is 5.73 Å². The quantitative estimate of drug-likeness (QED) is 0.692. The van der Waals surface area contributed by atoms with E-state index in [0.29, 0.717) is 13.1 Å². The lowest BCUT2D eigenvalue weighted by molar-refractivity contribution is 0.237. The fourth-order valence-electron chi connectivity index (χ4n) is 1.62. The van der Waals surface area contributed by atoms with Crippen LogP contribution >= 0.6 is 0 Å². The number of nitrogens with two attached hydrogens (primary N) is 1. The standard InChI is InChI=1S/C8H18N2O2S/c1-7-4-10(8(2,3)6-9)13(11,12)5-7/h7H,4-6,9H2,1-3H3. The van der Waals surface area contributed by atoms with Gasteiger partial charge in [0.05, 0.1) is 5.75 Å². The van der Waals surface area contributed by atoms with Crippen LogP contribution in [0.3, 0.4) is 0 Å². The van der Waals surface area contributed by atoms with Crippen LogP contribution in [-0.2, 0) is 10.0 Å². The van der Waals surface area contributed by atoms with E-state index in [-0.39, 0.29) is 11.7 Å². The molecule has 78 valence electrons. The number of rotatable bonds is 2. The molecule has 1 aliphatic rings. The molecule has 0 aliphatic carbocycles. The average Bonchev–Trinajstić information content (AvgIpc) is 2.25. The molecule has 5 heteroatoms. The highest BCUT2D eigenvalue weighted by Gasteiger charge is 2.41. The van der Waals surface area contributed by atoms with Crippen LogP contribution in [-0.4, -0.2) is 37.1 Å². The Hall–Kier alpha value is -0.130. The molecular formula is C8H18N2O2S. The number of nitrogens with zero attached hydrogens (tertiary/aromatic N) is 1. The summed E-state index contributed by atoms with van der Waals surface area (Å²) in [7, 11) is -3.05. The van der Waals surface area contributed by atoms with E-state index >= 15 is 0 Å². The fraction of sp³-hybridized carbons (Fsp3) is 1.00. The zero-order valence-electron chi connectivity index (χ0n) is 8.45. The molecule has 1 atom stereocenters. The largest absolute Gasteiger partial charge is 0.329 e. The molecule has 1 fully saturated rings. The molecule has 1 unspecified atom stereocenters. The van der Waals surface area contributed by atoms with E-state index in [0.717, 1.165) is 0 Å². The molecule has 13 heavy (non-hydrogen) atoms. The maximum Gasteiger partial charge on any atom is 0.214 e. The van der Waals surface area contributed by atoms with E-state index in [2.05, 4.69) is 0 Å². The van der Waals surface area contributed by atoms with Crippen LogP contribution in [0.2, 0.25) is 0 Å². The van der Waals surface area contributed by atoms with Crippen molar-refractivity contribution < 1.29 is 8.42 Å². The summed E-state index contributed by atoms with van der Waals surface area (Å²) in [5, 5.41) is 0. The molecule has 0 saturated carbocycles. The van der Waals surface area contributed by atoms with E-state index in [4.69, 9.17) is 5.73 Å². The Bertz CT molecular complexity index is 285. The molecule has 2 N–H and O–H groups in total. The summed E-state index contributed by atoms with van der Waals surface area (Å²) >= 11 is 0. The van der Waals surface area contributed by atoms with Crippen molar-refractivity contribution in [1.82, 2.24) is 4.31 Å². The van der Waals surface area contributed by atoms with Crippen molar-refractivity contribution >= 4 is 10.0 Å². The van der Waals surface area contributed by atoms with Gasteiger partial charge in [0.2, 0.25) is 10.0 Å². The molecule has 1 aliphatic heterocycles. The van der Waals surface area contributed by atoms with Gasteiger partial charge in [-0.2, -0.15) is 4.31 Å². The fourth-order valence-corrected chi connectivity index (χ4v) is 3.94. The highest BCUT2D eigenvalue weighted by atomic mass is 32.2. The number of sulfonamides is 1. The van der Waals surface area contributed by atoms with Crippen LogP contribution in [0, 0.1) is 5.92 Å². The van der Waals surface area contributed by atoms with Gasteiger partial charge >= 0.3 is 0 Å². The Kier molecular flexibility index (Phi) is 2.71. The zero-order chi connectivity index (χ0) is 10.3. The summed E-state index contributed by atoms with van der Waals surface area (Å²) in [5.41, 5.74) is 5.11. The third kappa shape index (κ3) is 2.03. The van der Waals surface area contributed by atoms with Gasteiger partial charge in [-0.1, -0.05) is 6.92 Å². The first kappa shape index (κ1) is 10.9. The summed E-state index contributed by atoms with van der Waals surface area (Å²) in [4.78, 5) is 0. The number of hydrogen-bond acceptors (Lipinski definition) is 3. The summed E-state index contributed by atoms with van der Waals surface area (Å²) in [5.74, 6) is 0.479. The van der Waals surface area contributed by atoms with Gasteiger partial charge in [-0.15, -0.1) is 0 Å². The average molecular weight is 206 g/mol. The maximum atomic E-state index is 11.6. The minimum atomic E-state index is -3.05. The Balaban J connectivity index is 2.94. The number of hydrogen-bond donors (Lipinski definition) is 1. The van der Waals surface area contributed by atoms with Gasteiger partial charge in [0.15, 0.2) is 0 Å². The van der Waals surface area contributed by atoms with Crippen molar-refractivity contribution in [2.45, 2.75) is 26.3 Å². The van der Waals surface area contributed by atoms with E-state index in [9.17, 15) is 8.42 Å². The molecule has 0 aromatic heterocycles. The Labute approximate surface area is 80.1 Å². The van der Waals surface area contributed by atoms with E-state index in [1.807, 2.05) is 20.8 Å². The topological polar surface area (TPSA) is 63.4 Å². The second kappa shape index (κ2) is 3.22. The third-order valence-electron chi connectivity index (χ3n) is 2.48. The summed E-state index contributed by atoms with van der Waals surface area (Å²) in [6, 6.07) is 0. The van der Waals surface area contributed by atoms with Gasteiger partial charge in [0, 0.05) is 18.6 Å². The van der Waals surface area contributed by atoms with Crippen LogP contribution in [0.4, 0.5) is 0 Å². The lowest BCUT2D eigenvalue weighted by atomic mass is 10.1. The Morgan fingerprint density at radius 2 is 2.08 bits per heavy atom. The predicted molar refractivity (Wildman–Crippen MR) is 52.8 cm³/mol. The first-order valence-electron chi connectivity index (χ1n) is 4.50. The van der Waals surface area contributed by atoms with Gasteiger partial charge in [-0.05, 0) is 19.8 Å². The molecule has 1 heterocycles. The van der Waals surface area contributed by atoms with Gasteiger partial charge in [-0.25, -0.2) is 8.42 Å². The summed E-state index contributed by atoms with van der Waals surface area (Å²) in [6.45, 7) is 6.64. The molecule has 1 rings (SSSR count). The van der Waals surface area contributed by atoms with Gasteiger partial charge in [0.25, 0.3) is 0 Å². The van der Waals surface area contributed by atoms with Crippen LogP contribution in [0.5, 0.6) is 0 Å². The highest BCUT2D eigenvalue weighted by molar-refractivity contribution is 7.89. The first-order valence-corrected chi connectivity index (χ1v) is 6.11. The van der Waals surface area contributed by atoms with Crippen molar-refractivity contribution in [2.75, 3.05) is 18.8 Å². The molecule has 0 aromatic carbocycles. The lowest BCUT2D eigenvalue weighted by Gasteiger charge is -2.32. The predicted octanol–water partition coefficient (Wildman–Crippen LogP) is 0.00520. The molecule has 4 nitrogen and oxygen atoms in total. The molecule has 0 spiro atoms. The van der Waals surface area contributed by atoms with Crippen molar-refractivity contribution in [3.8, 4) is 0 Å². The maximum absolute atomic E-state index is 11.6. The van der Waals surface area contributed by atoms with Crippen molar-refractivity contribution in [1.29, 1.82) is 0 Å². The SMILES string of the molecule is CC1CN(C(C)(C)CN)S(=O)(=O)C1. The molecule has 0 radical (unpaired) electrons. The first-order chi connectivity index (χ1) is 5.79. The second-order valence-corrected chi connectivity index (χ2v) is 6.37. The van der Waals surface area contributed by atoms with Crippen molar-refractivity contribution in [3.05, 3.63) is 0 Å². The van der Waals surface area contributed by atoms with Crippen LogP contribution in [0.15, 0.2) is 0 Å². The van der Waals surface area contributed by atoms with E-state index in [1.165, 1.54) is 4.31 Å². The summed E-state index contributed by atoms with van der Waals surface area (Å²) in [6.07, 6.45) is 0. The highest BCUT2D eigenvalue weighted by Crippen LogP contribution is 2.27. The lowest BCUT2D eigenvalue weighted by Crippen LogP contribution is -2.50. The molecule has 1 saturated heterocycles. The minimum absolute atomic E-state index is 0.218. The second-order valence-electron chi connectivity index (χ2n) is 4.43. The van der Waals surface area contributed by atoms with Crippen LogP contribution in [0.25, 0.3) is 0 Å². The van der Waals surface area contributed by atoms with Crippen LogP contribution in [0.1, 0.15) is 20.8 Å². The van der Waals surface area contributed by atoms with Crippen molar-refractivity contribution in [3.63, 3.8) is 0 Å². The van der Waals surface area contributed by atoms with Gasteiger partial charge in [0.1, 0.15) is 0 Å². The Morgan fingerprint density at radius 3 is 2.38 bits per heavy atom. The van der Waals surface area contributed by atoms with Crippen molar-refractivity contribution in [2.24, 2.45) is 11.7 Å².